The molecule has 4 heteroatoms. The van der Waals surface area contributed by atoms with Crippen LogP contribution < -0.4 is 0 Å². The average Bonchev–Trinajstić information content (AvgIpc) is 2.38. The van der Waals surface area contributed by atoms with E-state index in [0.29, 0.717) is 5.56 Å². The number of hydrogen-bond donors (Lipinski definition) is 1. The minimum Gasteiger partial charge on any atom is -0.388 e. The molecule has 0 aliphatic carbocycles. The van der Waals surface area contributed by atoms with Crippen LogP contribution in [0.2, 0.25) is 5.02 Å². The van der Waals surface area contributed by atoms with Crippen LogP contribution in [0.4, 0.5) is 4.39 Å². The van der Waals surface area contributed by atoms with Crippen LogP contribution in [0.3, 0.4) is 0 Å². The maximum absolute atomic E-state index is 13.4. The molecule has 0 spiro atoms. The quantitative estimate of drug-likeness (QED) is 0.846. The minimum absolute atomic E-state index is 0.0744. The molecule has 1 nitrogen and oxygen atoms in total. The lowest BCUT2D eigenvalue weighted by Gasteiger charge is -2.15. The smallest absolute Gasteiger partial charge is 0.142 e. The SMILES string of the molecule is Cc1ccc(Br)c(C(O)Cc2cccc(F)c2Cl)c1. The van der Waals surface area contributed by atoms with Gasteiger partial charge in [-0.15, -0.1) is 0 Å². The van der Waals surface area contributed by atoms with Crippen LogP contribution in [0.5, 0.6) is 0 Å². The highest BCUT2D eigenvalue weighted by molar-refractivity contribution is 9.10. The second-order valence-corrected chi connectivity index (χ2v) is 5.69. The Hall–Kier alpha value is -0.900. The second-order valence-electron chi connectivity index (χ2n) is 4.46. The first-order valence-electron chi connectivity index (χ1n) is 5.86. The van der Waals surface area contributed by atoms with Gasteiger partial charge in [-0.3, -0.25) is 0 Å². The van der Waals surface area contributed by atoms with Crippen molar-refractivity contribution in [3.8, 4) is 0 Å². The summed E-state index contributed by atoms with van der Waals surface area (Å²) in [5, 5.41) is 10.4. The highest BCUT2D eigenvalue weighted by atomic mass is 79.9. The Morgan fingerprint density at radius 2 is 2.05 bits per heavy atom. The maximum Gasteiger partial charge on any atom is 0.142 e. The van der Waals surface area contributed by atoms with Crippen molar-refractivity contribution in [3.05, 3.63) is 68.4 Å². The predicted octanol–water partition coefficient (Wildman–Crippen LogP) is 4.83. The molecule has 0 aliphatic rings. The third-order valence-electron chi connectivity index (χ3n) is 2.96. The van der Waals surface area contributed by atoms with Crippen LogP contribution in [0, 0.1) is 12.7 Å². The zero-order valence-corrected chi connectivity index (χ0v) is 12.7. The first-order chi connectivity index (χ1) is 8.99. The van der Waals surface area contributed by atoms with Gasteiger partial charge in [-0.25, -0.2) is 4.39 Å². The van der Waals surface area contributed by atoms with E-state index in [1.165, 1.54) is 6.07 Å². The van der Waals surface area contributed by atoms with Gasteiger partial charge in [0.1, 0.15) is 5.82 Å². The molecule has 19 heavy (non-hydrogen) atoms. The van der Waals surface area contributed by atoms with Gasteiger partial charge < -0.3 is 5.11 Å². The molecule has 2 rings (SSSR count). The summed E-state index contributed by atoms with van der Waals surface area (Å²) >= 11 is 9.31. The van der Waals surface area contributed by atoms with E-state index in [-0.39, 0.29) is 11.4 Å². The molecule has 1 atom stereocenters. The molecular formula is C15H13BrClFO. The molecule has 0 aliphatic heterocycles. The third kappa shape index (κ3) is 3.35. The van der Waals surface area contributed by atoms with Crippen molar-refractivity contribution >= 4 is 27.5 Å². The molecule has 2 aromatic carbocycles. The summed E-state index contributed by atoms with van der Waals surface area (Å²) in [6, 6.07) is 10.4. The third-order valence-corrected chi connectivity index (χ3v) is 4.10. The number of halogens is 3. The maximum atomic E-state index is 13.4. The highest BCUT2D eigenvalue weighted by Gasteiger charge is 2.15. The minimum atomic E-state index is -0.728. The first-order valence-corrected chi connectivity index (χ1v) is 7.03. The van der Waals surface area contributed by atoms with Crippen molar-refractivity contribution in [1.29, 1.82) is 0 Å². The van der Waals surface area contributed by atoms with E-state index >= 15 is 0 Å². The van der Waals surface area contributed by atoms with Crippen molar-refractivity contribution < 1.29 is 9.50 Å². The number of aliphatic hydroxyl groups is 1. The number of rotatable bonds is 3. The normalized spacial score (nSPS) is 12.5. The van der Waals surface area contributed by atoms with E-state index in [1.54, 1.807) is 12.1 Å². The van der Waals surface area contributed by atoms with Gasteiger partial charge >= 0.3 is 0 Å². The molecule has 1 N–H and O–H groups in total. The molecule has 0 heterocycles. The summed E-state index contributed by atoms with van der Waals surface area (Å²) in [6.45, 7) is 1.96. The van der Waals surface area contributed by atoms with Crippen LogP contribution >= 0.6 is 27.5 Å². The van der Waals surface area contributed by atoms with E-state index in [4.69, 9.17) is 11.6 Å². The number of hydrogen-bond acceptors (Lipinski definition) is 1. The topological polar surface area (TPSA) is 20.2 Å². The van der Waals surface area contributed by atoms with Gasteiger partial charge in [0.15, 0.2) is 0 Å². The molecule has 1 unspecified atom stereocenters. The van der Waals surface area contributed by atoms with Crippen molar-refractivity contribution in [3.63, 3.8) is 0 Å². The van der Waals surface area contributed by atoms with E-state index in [2.05, 4.69) is 15.9 Å². The lowest BCUT2D eigenvalue weighted by molar-refractivity contribution is 0.177. The summed E-state index contributed by atoms with van der Waals surface area (Å²) in [5.74, 6) is -0.463. The fraction of sp³-hybridized carbons (Fsp3) is 0.200. The van der Waals surface area contributed by atoms with Crippen LogP contribution in [0.25, 0.3) is 0 Å². The van der Waals surface area contributed by atoms with Gasteiger partial charge in [0.25, 0.3) is 0 Å². The molecule has 0 bridgehead atoms. The lowest BCUT2D eigenvalue weighted by Crippen LogP contribution is -2.04. The molecule has 0 saturated heterocycles. The van der Waals surface area contributed by atoms with Crippen molar-refractivity contribution in [2.45, 2.75) is 19.4 Å². The zero-order valence-electron chi connectivity index (χ0n) is 10.3. The van der Waals surface area contributed by atoms with E-state index in [0.717, 1.165) is 15.6 Å². The first kappa shape index (κ1) is 14.5. The van der Waals surface area contributed by atoms with E-state index in [1.807, 2.05) is 25.1 Å². The van der Waals surface area contributed by atoms with Crippen LogP contribution in [-0.2, 0) is 6.42 Å². The Kier molecular flexibility index (Phi) is 4.61. The monoisotopic (exact) mass is 342 g/mol. The highest BCUT2D eigenvalue weighted by Crippen LogP contribution is 2.29. The Labute approximate surface area is 125 Å². The molecule has 0 saturated carbocycles. The van der Waals surface area contributed by atoms with Gasteiger partial charge in [-0.2, -0.15) is 0 Å². The lowest BCUT2D eigenvalue weighted by atomic mass is 10.00. The van der Waals surface area contributed by atoms with Crippen molar-refractivity contribution in [2.75, 3.05) is 0 Å². The van der Waals surface area contributed by atoms with Crippen LogP contribution in [0.1, 0.15) is 22.8 Å². The molecule has 0 amide bonds. The van der Waals surface area contributed by atoms with E-state index < -0.39 is 11.9 Å². The van der Waals surface area contributed by atoms with Crippen molar-refractivity contribution in [2.24, 2.45) is 0 Å². The number of aliphatic hydroxyl groups excluding tert-OH is 1. The Morgan fingerprint density at radius 3 is 2.79 bits per heavy atom. The molecule has 0 radical (unpaired) electrons. The Bertz CT molecular complexity index is 601. The van der Waals surface area contributed by atoms with Crippen molar-refractivity contribution in [1.82, 2.24) is 0 Å². The molecule has 0 fully saturated rings. The molecule has 100 valence electrons. The fourth-order valence-electron chi connectivity index (χ4n) is 1.94. The summed E-state index contributed by atoms with van der Waals surface area (Å²) in [5.41, 5.74) is 2.44. The predicted molar refractivity (Wildman–Crippen MR) is 79.0 cm³/mol. The average molecular weight is 344 g/mol. The van der Waals surface area contributed by atoms with Gasteiger partial charge in [0.2, 0.25) is 0 Å². The number of aryl methyl sites for hydroxylation is 1. The standard InChI is InChI=1S/C15H13BrClFO/c1-9-5-6-12(16)11(7-9)14(19)8-10-3-2-4-13(18)15(10)17/h2-7,14,19H,8H2,1H3. The molecule has 0 aromatic heterocycles. The zero-order chi connectivity index (χ0) is 14.0. The van der Waals surface area contributed by atoms with Gasteiger partial charge in [-0.05, 0) is 30.2 Å². The van der Waals surface area contributed by atoms with Gasteiger partial charge in [-0.1, -0.05) is 57.4 Å². The summed E-state index contributed by atoms with van der Waals surface area (Å²) in [7, 11) is 0. The Balaban J connectivity index is 2.28. The van der Waals surface area contributed by atoms with Crippen LogP contribution in [-0.4, -0.2) is 5.11 Å². The number of benzene rings is 2. The van der Waals surface area contributed by atoms with E-state index in [9.17, 15) is 9.50 Å². The molecular weight excluding hydrogens is 331 g/mol. The summed E-state index contributed by atoms with van der Waals surface area (Å²) < 4.78 is 14.2. The largest absolute Gasteiger partial charge is 0.388 e. The summed E-state index contributed by atoms with van der Waals surface area (Å²) in [4.78, 5) is 0. The fourth-order valence-corrected chi connectivity index (χ4v) is 2.66. The van der Waals surface area contributed by atoms with Gasteiger partial charge in [0.05, 0.1) is 11.1 Å². The van der Waals surface area contributed by atoms with Crippen LogP contribution in [0.15, 0.2) is 40.9 Å². The Morgan fingerprint density at radius 1 is 1.32 bits per heavy atom. The second kappa shape index (κ2) is 6.04. The molecule has 2 aromatic rings. The summed E-state index contributed by atoms with van der Waals surface area (Å²) in [6.07, 6.45) is -0.452. The van der Waals surface area contributed by atoms with Gasteiger partial charge in [0, 0.05) is 10.9 Å².